The number of aliphatic hydroxyl groups is 1. The van der Waals surface area contributed by atoms with Crippen molar-refractivity contribution in [1.29, 1.82) is 0 Å². The number of aromatic carboxylic acids is 1. The first-order valence-corrected chi connectivity index (χ1v) is 6.73. The van der Waals surface area contributed by atoms with E-state index in [1.54, 1.807) is 19.1 Å². The van der Waals surface area contributed by atoms with E-state index in [0.29, 0.717) is 11.5 Å². The van der Waals surface area contributed by atoms with Crippen LogP contribution in [0.3, 0.4) is 0 Å². The summed E-state index contributed by atoms with van der Waals surface area (Å²) in [5.74, 6) is -0.334. The molecule has 1 aliphatic carbocycles. The van der Waals surface area contributed by atoms with Crippen molar-refractivity contribution < 1.29 is 15.0 Å². The van der Waals surface area contributed by atoms with Crippen LogP contribution in [0.1, 0.15) is 48.2 Å². The molecule has 1 saturated carbocycles. The minimum atomic E-state index is -0.967. The Morgan fingerprint density at radius 1 is 1.32 bits per heavy atom. The molecule has 3 N–H and O–H groups in total. The number of aliphatic hydroxyl groups excluding tert-OH is 1. The Kier molecular flexibility index (Phi) is 4.37. The molecule has 19 heavy (non-hydrogen) atoms. The summed E-state index contributed by atoms with van der Waals surface area (Å²) in [5, 5.41) is 22.2. The van der Waals surface area contributed by atoms with Gasteiger partial charge in [0.25, 0.3) is 0 Å². The summed E-state index contributed by atoms with van der Waals surface area (Å²) in [6, 6.07) is 3.22. The average Bonchev–Trinajstić information content (AvgIpc) is 2.55. The van der Waals surface area contributed by atoms with Crippen molar-refractivity contribution >= 4 is 11.8 Å². The first-order chi connectivity index (χ1) is 9.08. The zero-order valence-electron chi connectivity index (χ0n) is 11.1. The van der Waals surface area contributed by atoms with E-state index in [9.17, 15) is 9.90 Å². The van der Waals surface area contributed by atoms with Crippen LogP contribution in [0, 0.1) is 6.92 Å². The van der Waals surface area contributed by atoms with E-state index in [2.05, 4.69) is 10.3 Å². The van der Waals surface area contributed by atoms with E-state index in [4.69, 9.17) is 5.11 Å². The zero-order chi connectivity index (χ0) is 13.8. The lowest BCUT2D eigenvalue weighted by molar-refractivity contribution is 0.0695. The van der Waals surface area contributed by atoms with Gasteiger partial charge in [0.15, 0.2) is 0 Å². The highest BCUT2D eigenvalue weighted by Crippen LogP contribution is 2.21. The number of carboxylic acids is 1. The molecule has 1 aromatic heterocycles. The van der Waals surface area contributed by atoms with E-state index in [-0.39, 0.29) is 17.7 Å². The zero-order valence-corrected chi connectivity index (χ0v) is 11.1. The molecule has 104 valence electrons. The lowest BCUT2D eigenvalue weighted by Gasteiger charge is -2.22. The number of carboxylic acid groups (broad SMARTS) is 1. The second kappa shape index (κ2) is 6.02. The number of nitrogens with one attached hydrogen (secondary N) is 1. The summed E-state index contributed by atoms with van der Waals surface area (Å²) in [5.41, 5.74) is 0.701. The summed E-state index contributed by atoms with van der Waals surface area (Å²) in [6.07, 6.45) is 4.68. The first-order valence-electron chi connectivity index (χ1n) is 6.73. The molecule has 5 nitrogen and oxygen atoms in total. The second-order valence-corrected chi connectivity index (χ2v) is 5.09. The van der Waals surface area contributed by atoms with Gasteiger partial charge in [-0.1, -0.05) is 19.3 Å². The molecule has 0 bridgehead atoms. The minimum Gasteiger partial charge on any atom is -0.478 e. The van der Waals surface area contributed by atoms with Crippen molar-refractivity contribution in [1.82, 2.24) is 4.98 Å². The predicted molar refractivity (Wildman–Crippen MR) is 72.4 cm³/mol. The van der Waals surface area contributed by atoms with Gasteiger partial charge in [-0.15, -0.1) is 0 Å². The van der Waals surface area contributed by atoms with Crippen LogP contribution < -0.4 is 5.32 Å². The highest BCUT2D eigenvalue weighted by molar-refractivity contribution is 5.89. The summed E-state index contributed by atoms with van der Waals surface area (Å²) in [7, 11) is 0. The predicted octanol–water partition coefficient (Wildman–Crippen LogP) is 2.19. The van der Waals surface area contributed by atoms with E-state index in [1.807, 2.05) is 0 Å². The van der Waals surface area contributed by atoms with Crippen molar-refractivity contribution in [3.63, 3.8) is 0 Å². The fourth-order valence-electron chi connectivity index (χ4n) is 2.51. The molecule has 1 fully saturated rings. The van der Waals surface area contributed by atoms with Gasteiger partial charge >= 0.3 is 5.97 Å². The van der Waals surface area contributed by atoms with Crippen LogP contribution >= 0.6 is 0 Å². The van der Waals surface area contributed by atoms with Gasteiger partial charge in [-0.2, -0.15) is 0 Å². The maximum absolute atomic E-state index is 10.9. The number of nitrogens with zero attached hydrogens (tertiary/aromatic N) is 1. The first kappa shape index (κ1) is 13.8. The van der Waals surface area contributed by atoms with Crippen molar-refractivity contribution in [2.75, 3.05) is 5.32 Å². The van der Waals surface area contributed by atoms with Gasteiger partial charge in [-0.05, 0) is 31.9 Å². The lowest BCUT2D eigenvalue weighted by atomic mass is 10.1. The third-order valence-corrected chi connectivity index (χ3v) is 3.63. The molecule has 0 amide bonds. The quantitative estimate of drug-likeness (QED) is 0.729. The molecule has 1 aliphatic rings. The van der Waals surface area contributed by atoms with Crippen LogP contribution in [0.2, 0.25) is 0 Å². The molecule has 2 rings (SSSR count). The highest BCUT2D eigenvalue weighted by atomic mass is 16.4. The smallest absolute Gasteiger partial charge is 0.337 e. The van der Waals surface area contributed by atoms with Gasteiger partial charge in [0.1, 0.15) is 5.82 Å². The summed E-state index contributed by atoms with van der Waals surface area (Å²) >= 11 is 0. The molecule has 1 aromatic rings. The largest absolute Gasteiger partial charge is 0.478 e. The van der Waals surface area contributed by atoms with E-state index in [0.717, 1.165) is 32.1 Å². The van der Waals surface area contributed by atoms with Crippen molar-refractivity contribution in [2.24, 2.45) is 0 Å². The maximum Gasteiger partial charge on any atom is 0.337 e. The normalized spacial score (nSPS) is 23.7. The maximum atomic E-state index is 10.9. The average molecular weight is 264 g/mol. The Balaban J connectivity index is 2.10. The fraction of sp³-hybridized carbons (Fsp3) is 0.571. The molecule has 0 spiro atoms. The summed E-state index contributed by atoms with van der Waals surface area (Å²) in [4.78, 5) is 15.2. The molecule has 1 heterocycles. The molecular weight excluding hydrogens is 244 g/mol. The van der Waals surface area contributed by atoms with Crippen molar-refractivity contribution in [2.45, 2.75) is 51.2 Å². The summed E-state index contributed by atoms with van der Waals surface area (Å²) < 4.78 is 0. The third-order valence-electron chi connectivity index (χ3n) is 3.63. The monoisotopic (exact) mass is 264 g/mol. The Morgan fingerprint density at radius 3 is 2.74 bits per heavy atom. The Morgan fingerprint density at radius 2 is 2.05 bits per heavy atom. The van der Waals surface area contributed by atoms with Crippen LogP contribution in [0.25, 0.3) is 0 Å². The molecule has 0 radical (unpaired) electrons. The molecule has 0 aromatic carbocycles. The van der Waals surface area contributed by atoms with Crippen LogP contribution in [0.5, 0.6) is 0 Å². The number of aryl methyl sites for hydroxylation is 1. The van der Waals surface area contributed by atoms with Gasteiger partial charge in [-0.3, -0.25) is 0 Å². The van der Waals surface area contributed by atoms with E-state index >= 15 is 0 Å². The number of anilines is 1. The van der Waals surface area contributed by atoms with Crippen LogP contribution in [0.4, 0.5) is 5.82 Å². The lowest BCUT2D eigenvalue weighted by Crippen LogP contribution is -2.32. The van der Waals surface area contributed by atoms with Gasteiger partial charge < -0.3 is 15.5 Å². The number of hydrogen-bond donors (Lipinski definition) is 3. The molecule has 0 aliphatic heterocycles. The number of carbonyl (C=O) groups is 1. The van der Waals surface area contributed by atoms with Crippen molar-refractivity contribution in [3.05, 3.63) is 23.4 Å². The fourth-order valence-corrected chi connectivity index (χ4v) is 2.51. The van der Waals surface area contributed by atoms with Crippen LogP contribution in [-0.4, -0.2) is 33.3 Å². The van der Waals surface area contributed by atoms with Gasteiger partial charge in [0, 0.05) is 0 Å². The van der Waals surface area contributed by atoms with Crippen molar-refractivity contribution in [3.8, 4) is 0 Å². The number of hydrogen-bond acceptors (Lipinski definition) is 4. The SMILES string of the molecule is Cc1nc(NC2CCCCCC2O)ccc1C(=O)O. The molecular formula is C14H20N2O3. The Labute approximate surface area is 112 Å². The molecule has 5 heteroatoms. The van der Waals surface area contributed by atoms with E-state index < -0.39 is 5.97 Å². The van der Waals surface area contributed by atoms with Gasteiger partial charge in [0.2, 0.25) is 0 Å². The molecule has 2 atom stereocenters. The van der Waals surface area contributed by atoms with E-state index in [1.165, 1.54) is 0 Å². The number of rotatable bonds is 3. The standard InChI is InChI=1S/C14H20N2O3/c1-9-10(14(18)19)7-8-13(15-9)16-11-5-3-2-4-6-12(11)17/h7-8,11-12,17H,2-6H2,1H3,(H,15,16)(H,18,19). The Bertz CT molecular complexity index is 462. The van der Waals surface area contributed by atoms with Gasteiger partial charge in [0.05, 0.1) is 23.4 Å². The van der Waals surface area contributed by atoms with Crippen LogP contribution in [0.15, 0.2) is 12.1 Å². The second-order valence-electron chi connectivity index (χ2n) is 5.09. The molecule has 2 unspecified atom stereocenters. The highest BCUT2D eigenvalue weighted by Gasteiger charge is 2.22. The number of aromatic nitrogens is 1. The topological polar surface area (TPSA) is 82.5 Å². The third kappa shape index (κ3) is 3.44. The summed E-state index contributed by atoms with van der Waals surface area (Å²) in [6.45, 7) is 1.68. The Hall–Kier alpha value is -1.62. The number of pyridine rings is 1. The van der Waals surface area contributed by atoms with Gasteiger partial charge in [-0.25, -0.2) is 9.78 Å². The van der Waals surface area contributed by atoms with Crippen LogP contribution in [-0.2, 0) is 0 Å². The molecule has 0 saturated heterocycles. The minimum absolute atomic E-state index is 0.00470.